The maximum absolute atomic E-state index is 12.5. The van der Waals surface area contributed by atoms with E-state index in [2.05, 4.69) is 20.8 Å². The smallest absolute Gasteiger partial charge is 0.253 e. The van der Waals surface area contributed by atoms with Gasteiger partial charge in [-0.1, -0.05) is 18.0 Å². The summed E-state index contributed by atoms with van der Waals surface area (Å²) in [6, 6.07) is 4.99. The lowest BCUT2D eigenvalue weighted by atomic mass is 9.87. The van der Waals surface area contributed by atoms with E-state index in [9.17, 15) is 9.90 Å². The number of aromatic nitrogens is 4. The fourth-order valence-electron chi connectivity index (χ4n) is 2.94. The summed E-state index contributed by atoms with van der Waals surface area (Å²) in [5.74, 6) is 0.0800. The van der Waals surface area contributed by atoms with Crippen molar-refractivity contribution < 1.29 is 9.90 Å². The number of benzene rings is 1. The third kappa shape index (κ3) is 3.86. The summed E-state index contributed by atoms with van der Waals surface area (Å²) in [7, 11) is 0. The van der Waals surface area contributed by atoms with Crippen LogP contribution in [0.3, 0.4) is 0 Å². The molecule has 1 saturated carbocycles. The van der Waals surface area contributed by atoms with Crippen molar-refractivity contribution in [1.82, 2.24) is 25.5 Å². The van der Waals surface area contributed by atoms with Crippen LogP contribution in [0.25, 0.3) is 5.69 Å². The molecule has 122 valence electrons. The Morgan fingerprint density at radius 1 is 1.43 bits per heavy atom. The first kappa shape index (κ1) is 15.9. The molecular formula is C15H18ClN5O2. The molecule has 0 saturated heterocycles. The van der Waals surface area contributed by atoms with Crippen LogP contribution in [0.1, 0.15) is 36.0 Å². The third-order valence-corrected chi connectivity index (χ3v) is 4.34. The molecular weight excluding hydrogens is 318 g/mol. The van der Waals surface area contributed by atoms with Crippen molar-refractivity contribution in [3.63, 3.8) is 0 Å². The van der Waals surface area contributed by atoms with Gasteiger partial charge in [0.05, 0.1) is 17.4 Å². The molecule has 23 heavy (non-hydrogen) atoms. The Morgan fingerprint density at radius 2 is 2.30 bits per heavy atom. The van der Waals surface area contributed by atoms with Crippen LogP contribution in [0, 0.1) is 5.92 Å². The van der Waals surface area contributed by atoms with Crippen LogP contribution in [0.2, 0.25) is 5.02 Å². The molecule has 8 heteroatoms. The van der Waals surface area contributed by atoms with Crippen molar-refractivity contribution >= 4 is 17.5 Å². The minimum Gasteiger partial charge on any atom is -0.393 e. The number of nitrogens with one attached hydrogen (secondary N) is 1. The SMILES string of the molecule is O=C(NCC1CCCC(O)C1)c1cc(Cl)ccc1-n1cnnn1. The van der Waals surface area contributed by atoms with Crippen molar-refractivity contribution in [3.8, 4) is 5.69 Å². The second-order valence-electron chi connectivity index (χ2n) is 5.81. The standard InChI is InChI=1S/C15H18ClN5O2/c16-11-4-5-14(21-9-18-19-20-21)13(7-11)15(23)17-8-10-2-1-3-12(22)6-10/h4-5,7,9-10,12,22H,1-3,6,8H2,(H,17,23). The van der Waals surface area contributed by atoms with E-state index in [0.717, 1.165) is 25.7 Å². The summed E-state index contributed by atoms with van der Waals surface area (Å²) in [4.78, 5) is 12.5. The predicted octanol–water partition coefficient (Wildman–Crippen LogP) is 1.60. The first-order chi connectivity index (χ1) is 11.1. The van der Waals surface area contributed by atoms with E-state index in [0.29, 0.717) is 28.7 Å². The highest BCUT2D eigenvalue weighted by Crippen LogP contribution is 2.24. The molecule has 0 aliphatic heterocycles. The van der Waals surface area contributed by atoms with E-state index in [1.807, 2.05) is 0 Å². The number of nitrogens with zero attached hydrogens (tertiary/aromatic N) is 4. The van der Waals surface area contributed by atoms with Crippen LogP contribution < -0.4 is 5.32 Å². The molecule has 2 N–H and O–H groups in total. The fourth-order valence-corrected chi connectivity index (χ4v) is 3.11. The molecule has 2 unspecified atom stereocenters. The lowest BCUT2D eigenvalue weighted by Gasteiger charge is -2.26. The van der Waals surface area contributed by atoms with Gasteiger partial charge in [-0.3, -0.25) is 4.79 Å². The molecule has 0 bridgehead atoms. The Labute approximate surface area is 138 Å². The van der Waals surface area contributed by atoms with Crippen LogP contribution in [-0.2, 0) is 0 Å². The first-order valence-corrected chi connectivity index (χ1v) is 8.00. The zero-order chi connectivity index (χ0) is 16.2. The highest BCUT2D eigenvalue weighted by atomic mass is 35.5. The molecule has 2 aromatic rings. The lowest BCUT2D eigenvalue weighted by molar-refractivity contribution is 0.0873. The van der Waals surface area contributed by atoms with E-state index in [1.165, 1.54) is 11.0 Å². The normalized spacial score (nSPS) is 21.1. The van der Waals surface area contributed by atoms with Crippen LogP contribution in [0.15, 0.2) is 24.5 Å². The second kappa shape index (κ2) is 7.06. The maximum atomic E-state index is 12.5. The number of hydrogen-bond acceptors (Lipinski definition) is 5. The van der Waals surface area contributed by atoms with Crippen molar-refractivity contribution in [2.24, 2.45) is 5.92 Å². The molecule has 1 aliphatic rings. The Hall–Kier alpha value is -1.99. The van der Waals surface area contributed by atoms with Gasteiger partial charge in [-0.2, -0.15) is 4.68 Å². The highest BCUT2D eigenvalue weighted by Gasteiger charge is 2.21. The largest absolute Gasteiger partial charge is 0.393 e. The molecule has 1 aromatic carbocycles. The molecule has 2 atom stereocenters. The monoisotopic (exact) mass is 335 g/mol. The van der Waals surface area contributed by atoms with Crippen molar-refractivity contribution in [3.05, 3.63) is 35.1 Å². The summed E-state index contributed by atoms with van der Waals surface area (Å²) in [6.45, 7) is 0.539. The molecule has 0 spiro atoms. The van der Waals surface area contributed by atoms with E-state index in [4.69, 9.17) is 11.6 Å². The number of carbonyl (C=O) groups is 1. The Kier molecular flexibility index (Phi) is 4.88. The molecule has 1 aromatic heterocycles. The predicted molar refractivity (Wildman–Crippen MR) is 84.5 cm³/mol. The third-order valence-electron chi connectivity index (χ3n) is 4.11. The minimum absolute atomic E-state index is 0.224. The van der Waals surface area contributed by atoms with Gasteiger partial charge < -0.3 is 10.4 Å². The zero-order valence-corrected chi connectivity index (χ0v) is 13.3. The zero-order valence-electron chi connectivity index (χ0n) is 12.5. The second-order valence-corrected chi connectivity index (χ2v) is 6.25. The average Bonchev–Trinajstić information content (AvgIpc) is 3.07. The summed E-state index contributed by atoms with van der Waals surface area (Å²) in [6.07, 6.45) is 4.77. The lowest BCUT2D eigenvalue weighted by Crippen LogP contribution is -2.33. The highest BCUT2D eigenvalue weighted by molar-refractivity contribution is 6.31. The topological polar surface area (TPSA) is 92.9 Å². The van der Waals surface area contributed by atoms with Gasteiger partial charge in [-0.05, 0) is 53.8 Å². The van der Waals surface area contributed by atoms with Gasteiger partial charge in [0.15, 0.2) is 0 Å². The summed E-state index contributed by atoms with van der Waals surface area (Å²) < 4.78 is 1.43. The molecule has 7 nitrogen and oxygen atoms in total. The average molecular weight is 336 g/mol. The van der Waals surface area contributed by atoms with Gasteiger partial charge in [0, 0.05) is 11.6 Å². The molecule has 1 fully saturated rings. The number of hydrogen-bond donors (Lipinski definition) is 2. The Balaban J connectivity index is 1.73. The number of rotatable bonds is 4. The molecule has 1 amide bonds. The fraction of sp³-hybridized carbons (Fsp3) is 0.467. The summed E-state index contributed by atoms with van der Waals surface area (Å²) >= 11 is 6.02. The molecule has 1 aliphatic carbocycles. The van der Waals surface area contributed by atoms with Gasteiger partial charge in [-0.25, -0.2) is 0 Å². The van der Waals surface area contributed by atoms with Gasteiger partial charge in [-0.15, -0.1) is 5.10 Å². The first-order valence-electron chi connectivity index (χ1n) is 7.62. The van der Waals surface area contributed by atoms with Crippen molar-refractivity contribution in [2.75, 3.05) is 6.54 Å². The number of tetrazole rings is 1. The summed E-state index contributed by atoms with van der Waals surface area (Å²) in [5, 5.41) is 24.1. The van der Waals surface area contributed by atoms with Crippen LogP contribution in [-0.4, -0.2) is 43.9 Å². The van der Waals surface area contributed by atoms with Gasteiger partial charge in [0.25, 0.3) is 5.91 Å². The van der Waals surface area contributed by atoms with E-state index in [1.54, 1.807) is 18.2 Å². The van der Waals surface area contributed by atoms with E-state index in [-0.39, 0.29) is 12.0 Å². The molecule has 1 heterocycles. The minimum atomic E-state index is -0.256. The number of halogens is 1. The Morgan fingerprint density at radius 3 is 3.04 bits per heavy atom. The van der Waals surface area contributed by atoms with Gasteiger partial charge >= 0.3 is 0 Å². The molecule has 0 radical (unpaired) electrons. The molecule has 3 rings (SSSR count). The van der Waals surface area contributed by atoms with Crippen molar-refractivity contribution in [2.45, 2.75) is 31.8 Å². The van der Waals surface area contributed by atoms with Gasteiger partial charge in [0.2, 0.25) is 0 Å². The maximum Gasteiger partial charge on any atom is 0.253 e. The quantitative estimate of drug-likeness (QED) is 0.885. The number of carbonyl (C=O) groups excluding carboxylic acids is 1. The van der Waals surface area contributed by atoms with Gasteiger partial charge in [0.1, 0.15) is 6.33 Å². The Bertz CT molecular complexity index is 677. The van der Waals surface area contributed by atoms with Crippen molar-refractivity contribution in [1.29, 1.82) is 0 Å². The number of aliphatic hydroxyl groups excluding tert-OH is 1. The van der Waals surface area contributed by atoms with Crippen LogP contribution in [0.5, 0.6) is 0 Å². The number of amides is 1. The van der Waals surface area contributed by atoms with Crippen LogP contribution in [0.4, 0.5) is 0 Å². The van der Waals surface area contributed by atoms with E-state index >= 15 is 0 Å². The summed E-state index contributed by atoms with van der Waals surface area (Å²) in [5.41, 5.74) is 0.988. The van der Waals surface area contributed by atoms with Crippen LogP contribution >= 0.6 is 11.6 Å². The number of aliphatic hydroxyl groups is 1. The van der Waals surface area contributed by atoms with E-state index < -0.39 is 0 Å².